The Balaban J connectivity index is 1.80. The second kappa shape index (κ2) is 7.19. The molecule has 1 aromatic heterocycles. The fraction of sp³-hybridized carbons (Fsp3) is 0.571. The molecule has 0 aromatic carbocycles. The molecule has 5 nitrogen and oxygen atoms in total. The molecule has 1 aliphatic carbocycles. The molecule has 0 saturated heterocycles. The zero-order chi connectivity index (χ0) is 14.4. The minimum Gasteiger partial charge on any atom is -0.376 e. The molecule has 1 fully saturated rings. The quantitative estimate of drug-likeness (QED) is 0.782. The van der Waals surface area contributed by atoms with Crippen molar-refractivity contribution in [1.82, 2.24) is 10.3 Å². The van der Waals surface area contributed by atoms with Crippen LogP contribution in [0, 0.1) is 5.82 Å². The summed E-state index contributed by atoms with van der Waals surface area (Å²) in [5.74, 6) is -0.520. The molecule has 2 N–H and O–H groups in total. The van der Waals surface area contributed by atoms with E-state index in [1.54, 1.807) is 7.05 Å². The summed E-state index contributed by atoms with van der Waals surface area (Å²) in [4.78, 5) is 15.8. The van der Waals surface area contributed by atoms with Gasteiger partial charge >= 0.3 is 0 Å². The smallest absolute Gasteiger partial charge is 0.255 e. The van der Waals surface area contributed by atoms with Crippen LogP contribution in [0.3, 0.4) is 0 Å². The summed E-state index contributed by atoms with van der Waals surface area (Å²) in [7, 11) is 1.64. The lowest BCUT2D eigenvalue weighted by Crippen LogP contribution is -2.29. The zero-order valence-corrected chi connectivity index (χ0v) is 11.6. The molecule has 110 valence electrons. The average molecular weight is 281 g/mol. The van der Waals surface area contributed by atoms with Crippen LogP contribution in [-0.4, -0.2) is 37.2 Å². The number of anilines is 1. The Morgan fingerprint density at radius 2 is 2.25 bits per heavy atom. The van der Waals surface area contributed by atoms with Crippen LogP contribution in [0.15, 0.2) is 12.3 Å². The summed E-state index contributed by atoms with van der Waals surface area (Å²) >= 11 is 0. The van der Waals surface area contributed by atoms with E-state index in [0.29, 0.717) is 25.1 Å². The van der Waals surface area contributed by atoms with E-state index < -0.39 is 5.82 Å². The molecule has 0 spiro atoms. The van der Waals surface area contributed by atoms with Gasteiger partial charge in [0.1, 0.15) is 11.6 Å². The highest BCUT2D eigenvalue weighted by Gasteiger charge is 2.16. The van der Waals surface area contributed by atoms with Gasteiger partial charge in [0.15, 0.2) is 0 Å². The number of nitrogens with zero attached hydrogens (tertiary/aromatic N) is 1. The molecule has 0 atom stereocenters. The third-order valence-electron chi connectivity index (χ3n) is 3.38. The number of amides is 1. The van der Waals surface area contributed by atoms with E-state index in [-0.39, 0.29) is 11.5 Å². The Hall–Kier alpha value is -1.69. The van der Waals surface area contributed by atoms with Crippen LogP contribution in [0.1, 0.15) is 36.0 Å². The van der Waals surface area contributed by atoms with Crippen molar-refractivity contribution in [2.24, 2.45) is 0 Å². The van der Waals surface area contributed by atoms with Crippen molar-refractivity contribution in [3.63, 3.8) is 0 Å². The molecule has 1 heterocycles. The molecule has 1 amide bonds. The molecule has 1 aliphatic rings. The Labute approximate surface area is 117 Å². The number of hydrogen-bond donors (Lipinski definition) is 2. The van der Waals surface area contributed by atoms with E-state index in [0.717, 1.165) is 19.0 Å². The molecule has 0 bridgehead atoms. The van der Waals surface area contributed by atoms with Crippen molar-refractivity contribution >= 4 is 11.7 Å². The first kappa shape index (κ1) is 14.7. The van der Waals surface area contributed by atoms with Gasteiger partial charge in [0.2, 0.25) is 0 Å². The number of ether oxygens (including phenoxy) is 1. The van der Waals surface area contributed by atoms with Crippen molar-refractivity contribution in [3.05, 3.63) is 23.6 Å². The van der Waals surface area contributed by atoms with Gasteiger partial charge < -0.3 is 15.4 Å². The molecule has 0 radical (unpaired) electrons. The number of hydrogen-bond acceptors (Lipinski definition) is 4. The molecule has 0 aliphatic heterocycles. The molecule has 1 aromatic rings. The van der Waals surface area contributed by atoms with Gasteiger partial charge in [-0.1, -0.05) is 12.8 Å². The Bertz CT molecular complexity index is 462. The maximum Gasteiger partial charge on any atom is 0.255 e. The molecule has 1 saturated carbocycles. The summed E-state index contributed by atoms with van der Waals surface area (Å²) in [6.07, 6.45) is 6.05. The molecular weight excluding hydrogens is 261 g/mol. The lowest BCUT2D eigenvalue weighted by molar-refractivity contribution is 0.0582. The van der Waals surface area contributed by atoms with Crippen molar-refractivity contribution in [2.75, 3.05) is 25.5 Å². The van der Waals surface area contributed by atoms with E-state index in [9.17, 15) is 9.18 Å². The van der Waals surface area contributed by atoms with E-state index in [1.165, 1.54) is 18.9 Å². The standard InChI is InChI=1S/C14H20FN3O2/c1-16-13-12(8-10(15)9-18-13)14(19)17-6-7-20-11-4-2-3-5-11/h8-9,11H,2-7H2,1H3,(H,16,18)(H,17,19). The van der Waals surface area contributed by atoms with Gasteiger partial charge in [0, 0.05) is 13.6 Å². The van der Waals surface area contributed by atoms with Gasteiger partial charge in [-0.05, 0) is 18.9 Å². The monoisotopic (exact) mass is 281 g/mol. The molecule has 2 rings (SSSR count). The lowest BCUT2D eigenvalue weighted by Gasteiger charge is -2.12. The number of pyridine rings is 1. The number of carbonyl (C=O) groups is 1. The summed E-state index contributed by atoms with van der Waals surface area (Å²) in [5, 5.41) is 5.48. The van der Waals surface area contributed by atoms with Crippen molar-refractivity contribution in [3.8, 4) is 0 Å². The predicted molar refractivity (Wildman–Crippen MR) is 74.3 cm³/mol. The second-order valence-corrected chi connectivity index (χ2v) is 4.83. The van der Waals surface area contributed by atoms with E-state index >= 15 is 0 Å². The van der Waals surface area contributed by atoms with Crippen LogP contribution in [0.25, 0.3) is 0 Å². The highest BCUT2D eigenvalue weighted by Crippen LogP contribution is 2.20. The van der Waals surface area contributed by atoms with Crippen molar-refractivity contribution < 1.29 is 13.9 Å². The third-order valence-corrected chi connectivity index (χ3v) is 3.38. The molecule has 0 unspecified atom stereocenters. The first-order valence-electron chi connectivity index (χ1n) is 6.94. The minimum atomic E-state index is -0.531. The topological polar surface area (TPSA) is 63.2 Å². The number of rotatable bonds is 6. The molecular formula is C14H20FN3O2. The normalized spacial score (nSPS) is 15.3. The Morgan fingerprint density at radius 1 is 1.50 bits per heavy atom. The predicted octanol–water partition coefficient (Wildman–Crippen LogP) is 1.95. The highest BCUT2D eigenvalue weighted by molar-refractivity contribution is 5.98. The largest absolute Gasteiger partial charge is 0.376 e. The van der Waals surface area contributed by atoms with Crippen LogP contribution >= 0.6 is 0 Å². The number of halogens is 1. The average Bonchev–Trinajstić information content (AvgIpc) is 2.96. The number of nitrogens with one attached hydrogen (secondary N) is 2. The molecule has 20 heavy (non-hydrogen) atoms. The van der Waals surface area contributed by atoms with Gasteiger partial charge in [-0.2, -0.15) is 0 Å². The van der Waals surface area contributed by atoms with Gasteiger partial charge in [-0.15, -0.1) is 0 Å². The lowest BCUT2D eigenvalue weighted by atomic mass is 10.2. The SMILES string of the molecule is CNc1ncc(F)cc1C(=O)NCCOC1CCCC1. The van der Waals surface area contributed by atoms with Gasteiger partial charge in [0.05, 0.1) is 24.5 Å². The maximum absolute atomic E-state index is 13.1. The van der Waals surface area contributed by atoms with Gasteiger partial charge in [-0.3, -0.25) is 4.79 Å². The fourth-order valence-corrected chi connectivity index (χ4v) is 2.35. The summed E-state index contributed by atoms with van der Waals surface area (Å²) < 4.78 is 18.8. The number of carbonyl (C=O) groups excluding carboxylic acids is 1. The maximum atomic E-state index is 13.1. The van der Waals surface area contributed by atoms with Crippen molar-refractivity contribution in [2.45, 2.75) is 31.8 Å². The summed E-state index contributed by atoms with van der Waals surface area (Å²) in [6, 6.07) is 1.17. The van der Waals surface area contributed by atoms with Gasteiger partial charge in [0.25, 0.3) is 5.91 Å². The third kappa shape index (κ3) is 3.90. The Morgan fingerprint density at radius 3 is 2.95 bits per heavy atom. The Kier molecular flexibility index (Phi) is 5.29. The minimum absolute atomic E-state index is 0.202. The summed E-state index contributed by atoms with van der Waals surface area (Å²) in [6.45, 7) is 0.892. The first-order valence-corrected chi connectivity index (χ1v) is 6.94. The van der Waals surface area contributed by atoms with Crippen LogP contribution in [0.4, 0.5) is 10.2 Å². The van der Waals surface area contributed by atoms with Crippen LogP contribution in [0.5, 0.6) is 0 Å². The van der Waals surface area contributed by atoms with Crippen LogP contribution < -0.4 is 10.6 Å². The van der Waals surface area contributed by atoms with E-state index in [2.05, 4.69) is 15.6 Å². The summed E-state index contributed by atoms with van der Waals surface area (Å²) in [5.41, 5.74) is 0.202. The van der Waals surface area contributed by atoms with Gasteiger partial charge in [-0.25, -0.2) is 9.37 Å². The first-order chi connectivity index (χ1) is 9.70. The second-order valence-electron chi connectivity index (χ2n) is 4.83. The van der Waals surface area contributed by atoms with Crippen molar-refractivity contribution in [1.29, 1.82) is 0 Å². The van der Waals surface area contributed by atoms with Crippen LogP contribution in [0.2, 0.25) is 0 Å². The van der Waals surface area contributed by atoms with Crippen LogP contribution in [-0.2, 0) is 4.74 Å². The highest BCUT2D eigenvalue weighted by atomic mass is 19.1. The van der Waals surface area contributed by atoms with E-state index in [1.807, 2.05) is 0 Å². The van der Waals surface area contributed by atoms with E-state index in [4.69, 9.17) is 4.74 Å². The molecule has 6 heteroatoms. The fourth-order valence-electron chi connectivity index (χ4n) is 2.35. The zero-order valence-electron chi connectivity index (χ0n) is 11.6. The number of aromatic nitrogens is 1.